The smallest absolute Gasteiger partial charge is 0.256 e. The first kappa shape index (κ1) is 14.5. The molecule has 1 aromatic heterocycles. The molecule has 3 nitrogen and oxygen atoms in total. The van der Waals surface area contributed by atoms with E-state index in [0.29, 0.717) is 5.56 Å². The van der Waals surface area contributed by atoms with Crippen molar-refractivity contribution >= 4 is 60.9 Å². The minimum absolute atomic E-state index is 0.120. The molecule has 1 N–H and O–H groups in total. The van der Waals surface area contributed by atoms with E-state index in [4.69, 9.17) is 0 Å². The van der Waals surface area contributed by atoms with Crippen LogP contribution in [0.15, 0.2) is 59.3 Å². The molecule has 0 fully saturated rings. The van der Waals surface area contributed by atoms with Gasteiger partial charge in [0.1, 0.15) is 0 Å². The highest BCUT2D eigenvalue weighted by molar-refractivity contribution is 14.1. The molecule has 0 aliphatic heterocycles. The molecule has 0 aliphatic carbocycles. The number of carbonyl (C=O) groups excluding carboxylic acids is 1. The topological polar surface area (TPSA) is 42.0 Å². The van der Waals surface area contributed by atoms with E-state index in [2.05, 4.69) is 48.8 Å². The molecule has 0 atom stereocenters. The first-order valence-electron chi connectivity index (χ1n) is 6.24. The normalized spacial score (nSPS) is 10.6. The second-order valence-corrected chi connectivity index (χ2v) is 6.56. The highest BCUT2D eigenvalue weighted by atomic mass is 127. The van der Waals surface area contributed by atoms with E-state index in [1.54, 1.807) is 12.4 Å². The molecular weight excluding hydrogens is 443 g/mol. The summed E-state index contributed by atoms with van der Waals surface area (Å²) in [6.07, 6.45) is 3.51. The Bertz CT molecular complexity index is 830. The second kappa shape index (κ2) is 6.11. The molecule has 5 heteroatoms. The summed E-state index contributed by atoms with van der Waals surface area (Å²) in [6.45, 7) is 0. The first-order valence-corrected chi connectivity index (χ1v) is 8.11. The third kappa shape index (κ3) is 3.08. The third-order valence-corrected chi connectivity index (χ3v) is 4.54. The molecule has 104 valence electrons. The monoisotopic (exact) mass is 452 g/mol. The lowest BCUT2D eigenvalue weighted by Gasteiger charge is -2.10. The number of nitrogens with one attached hydrogen (secondary N) is 1. The van der Waals surface area contributed by atoms with Gasteiger partial charge in [0.15, 0.2) is 0 Å². The number of nitrogens with zero attached hydrogens (tertiary/aromatic N) is 1. The maximum atomic E-state index is 12.5. The average Bonchev–Trinajstić information content (AvgIpc) is 2.50. The largest absolute Gasteiger partial charge is 0.321 e. The van der Waals surface area contributed by atoms with Crippen molar-refractivity contribution in [3.05, 3.63) is 68.5 Å². The van der Waals surface area contributed by atoms with Crippen LogP contribution in [-0.2, 0) is 0 Å². The predicted octanol–water partition coefficient (Wildman–Crippen LogP) is 4.85. The maximum absolute atomic E-state index is 12.5. The molecule has 0 radical (unpaired) electrons. The average molecular weight is 453 g/mol. The van der Waals surface area contributed by atoms with Crippen molar-refractivity contribution in [1.82, 2.24) is 4.98 Å². The van der Waals surface area contributed by atoms with Gasteiger partial charge in [-0.2, -0.15) is 0 Å². The van der Waals surface area contributed by atoms with E-state index in [-0.39, 0.29) is 5.91 Å². The Kier molecular flexibility index (Phi) is 4.21. The Labute approximate surface area is 144 Å². The fourth-order valence-electron chi connectivity index (χ4n) is 2.09. The number of fused-ring (bicyclic) bond motifs is 1. The van der Waals surface area contributed by atoms with Crippen molar-refractivity contribution in [3.8, 4) is 0 Å². The summed E-state index contributed by atoms with van der Waals surface area (Å²) < 4.78 is 1.80. The fourth-order valence-corrected chi connectivity index (χ4v) is 3.03. The highest BCUT2D eigenvalue weighted by Crippen LogP contribution is 2.24. The lowest BCUT2D eigenvalue weighted by atomic mass is 10.1. The minimum atomic E-state index is -0.120. The van der Waals surface area contributed by atoms with Crippen LogP contribution in [0.1, 0.15) is 10.4 Å². The summed E-state index contributed by atoms with van der Waals surface area (Å²) in [6, 6.07) is 13.3. The number of amides is 1. The molecule has 0 spiro atoms. The van der Waals surface area contributed by atoms with Crippen LogP contribution in [0.5, 0.6) is 0 Å². The van der Waals surface area contributed by atoms with Crippen LogP contribution in [0.25, 0.3) is 10.8 Å². The van der Waals surface area contributed by atoms with E-state index in [0.717, 1.165) is 24.5 Å². The van der Waals surface area contributed by atoms with Crippen molar-refractivity contribution in [1.29, 1.82) is 0 Å². The van der Waals surface area contributed by atoms with E-state index >= 15 is 0 Å². The summed E-state index contributed by atoms with van der Waals surface area (Å²) in [4.78, 5) is 16.6. The Morgan fingerprint density at radius 1 is 1.19 bits per heavy atom. The van der Waals surface area contributed by atoms with Gasteiger partial charge in [-0.1, -0.05) is 28.1 Å². The number of benzene rings is 2. The summed E-state index contributed by atoms with van der Waals surface area (Å²) >= 11 is 5.56. The number of anilines is 1. The number of hydrogen-bond donors (Lipinski definition) is 1. The molecular formula is C16H10BrIN2O. The van der Waals surface area contributed by atoms with Crippen LogP contribution in [0, 0.1) is 3.57 Å². The Hall–Kier alpha value is -1.47. The number of pyridine rings is 1. The van der Waals surface area contributed by atoms with Gasteiger partial charge in [0.25, 0.3) is 5.91 Å². The van der Waals surface area contributed by atoms with Gasteiger partial charge in [-0.05, 0) is 52.9 Å². The summed E-state index contributed by atoms with van der Waals surface area (Å²) in [5, 5.41) is 4.95. The van der Waals surface area contributed by atoms with Crippen LogP contribution in [0.2, 0.25) is 0 Å². The zero-order chi connectivity index (χ0) is 14.8. The molecule has 1 heterocycles. The van der Waals surface area contributed by atoms with Gasteiger partial charge >= 0.3 is 0 Å². The van der Waals surface area contributed by atoms with Crippen molar-refractivity contribution < 1.29 is 4.79 Å². The summed E-state index contributed by atoms with van der Waals surface area (Å²) in [7, 11) is 0. The minimum Gasteiger partial charge on any atom is -0.321 e. The number of rotatable bonds is 2. The van der Waals surface area contributed by atoms with Crippen molar-refractivity contribution in [3.63, 3.8) is 0 Å². The molecule has 3 rings (SSSR count). The van der Waals surface area contributed by atoms with Gasteiger partial charge < -0.3 is 5.32 Å². The molecule has 3 aromatic rings. The van der Waals surface area contributed by atoms with Crippen molar-refractivity contribution in [2.24, 2.45) is 0 Å². The first-order chi connectivity index (χ1) is 10.1. The van der Waals surface area contributed by atoms with E-state index in [1.165, 1.54) is 0 Å². The van der Waals surface area contributed by atoms with Crippen molar-refractivity contribution in [2.75, 3.05) is 5.32 Å². The van der Waals surface area contributed by atoms with Gasteiger partial charge in [-0.15, -0.1) is 0 Å². The molecule has 2 aromatic carbocycles. The standard InChI is InChI=1S/C16H10BrIN2O/c17-11-4-5-14(18)13(8-11)16(21)20-15-3-1-2-10-9-19-7-6-12(10)15/h1-9H,(H,20,21). The molecule has 0 bridgehead atoms. The molecule has 0 unspecified atom stereocenters. The lowest BCUT2D eigenvalue weighted by molar-refractivity contribution is 0.102. The van der Waals surface area contributed by atoms with Crippen molar-refractivity contribution in [2.45, 2.75) is 0 Å². The molecule has 0 saturated carbocycles. The lowest BCUT2D eigenvalue weighted by Crippen LogP contribution is -2.13. The molecule has 21 heavy (non-hydrogen) atoms. The Morgan fingerprint density at radius 2 is 2.05 bits per heavy atom. The van der Waals surface area contributed by atoms with Gasteiger partial charge in [-0.3, -0.25) is 9.78 Å². The number of halogens is 2. The Morgan fingerprint density at radius 3 is 2.90 bits per heavy atom. The predicted molar refractivity (Wildman–Crippen MR) is 96.6 cm³/mol. The van der Waals surface area contributed by atoms with Gasteiger partial charge in [-0.25, -0.2) is 0 Å². The van der Waals surface area contributed by atoms with Crippen LogP contribution >= 0.6 is 38.5 Å². The quantitative estimate of drug-likeness (QED) is 0.564. The van der Waals surface area contributed by atoms with Crippen LogP contribution in [0.4, 0.5) is 5.69 Å². The van der Waals surface area contributed by atoms with Crippen LogP contribution in [0.3, 0.4) is 0 Å². The maximum Gasteiger partial charge on any atom is 0.256 e. The SMILES string of the molecule is O=C(Nc1cccc2cnccc12)c1cc(Br)ccc1I. The van der Waals surface area contributed by atoms with E-state index < -0.39 is 0 Å². The van der Waals surface area contributed by atoms with Gasteiger partial charge in [0.05, 0.1) is 5.56 Å². The van der Waals surface area contributed by atoms with Gasteiger partial charge in [0, 0.05) is 36.9 Å². The summed E-state index contributed by atoms with van der Waals surface area (Å²) in [5.74, 6) is -0.120. The van der Waals surface area contributed by atoms with E-state index in [1.807, 2.05) is 42.5 Å². The molecule has 0 saturated heterocycles. The molecule has 1 amide bonds. The highest BCUT2D eigenvalue weighted by Gasteiger charge is 2.12. The summed E-state index contributed by atoms with van der Waals surface area (Å²) in [5.41, 5.74) is 1.44. The Balaban J connectivity index is 1.99. The zero-order valence-corrected chi connectivity index (χ0v) is 14.6. The van der Waals surface area contributed by atoms with Crippen LogP contribution in [-0.4, -0.2) is 10.9 Å². The zero-order valence-electron chi connectivity index (χ0n) is 10.8. The van der Waals surface area contributed by atoms with Crippen LogP contribution < -0.4 is 5.32 Å². The third-order valence-electron chi connectivity index (χ3n) is 3.10. The number of hydrogen-bond acceptors (Lipinski definition) is 2. The number of aromatic nitrogens is 1. The van der Waals surface area contributed by atoms with E-state index in [9.17, 15) is 4.79 Å². The number of carbonyl (C=O) groups is 1. The van der Waals surface area contributed by atoms with Gasteiger partial charge in [0.2, 0.25) is 0 Å². The molecule has 0 aliphatic rings. The second-order valence-electron chi connectivity index (χ2n) is 4.48. The fraction of sp³-hybridized carbons (Fsp3) is 0.